The molecule has 0 atom stereocenters. The van der Waals surface area contributed by atoms with Crippen molar-refractivity contribution in [3.8, 4) is 11.5 Å². The Morgan fingerprint density at radius 3 is 1.38 bits per heavy atom. The average molecular weight is 330 g/mol. The van der Waals surface area contributed by atoms with Gasteiger partial charge >= 0.3 is 0 Å². The number of benzene rings is 2. The molecule has 0 amide bonds. The van der Waals surface area contributed by atoms with Crippen molar-refractivity contribution < 1.29 is 19.9 Å². The van der Waals surface area contributed by atoms with E-state index in [9.17, 15) is 0 Å². The minimum atomic E-state index is 0.412. The van der Waals surface area contributed by atoms with Gasteiger partial charge in [-0.1, -0.05) is 24.3 Å². The minimum absolute atomic E-state index is 0.412. The third kappa shape index (κ3) is 6.39. The van der Waals surface area contributed by atoms with E-state index in [-0.39, 0.29) is 0 Å². The highest BCUT2D eigenvalue weighted by Crippen LogP contribution is 2.13. The molecule has 0 fully saturated rings. The molecule has 0 radical (unpaired) electrons. The van der Waals surface area contributed by atoms with Crippen molar-refractivity contribution in [3.05, 3.63) is 71.8 Å². The zero-order valence-electron chi connectivity index (χ0n) is 13.3. The molecular weight excluding hydrogens is 308 g/mol. The van der Waals surface area contributed by atoms with Crippen LogP contribution in [0.4, 0.5) is 0 Å². The Morgan fingerprint density at radius 2 is 1.04 bits per heavy atom. The Labute approximate surface area is 141 Å². The normalized spacial score (nSPS) is 10.9. The van der Waals surface area contributed by atoms with Crippen LogP contribution in [-0.4, -0.2) is 23.6 Å². The van der Waals surface area contributed by atoms with Crippen molar-refractivity contribution in [2.24, 2.45) is 0 Å². The number of hydrogen-bond acceptors (Lipinski definition) is 6. The lowest BCUT2D eigenvalue weighted by Gasteiger charge is -2.06. The summed E-state index contributed by atoms with van der Waals surface area (Å²) in [4.78, 5) is 0. The molecule has 6 heteroatoms. The molecule has 0 bridgehead atoms. The van der Waals surface area contributed by atoms with Crippen LogP contribution >= 0.6 is 0 Å². The van der Waals surface area contributed by atoms with Crippen LogP contribution < -0.4 is 20.4 Å². The first kappa shape index (κ1) is 18.0. The van der Waals surface area contributed by atoms with Crippen LogP contribution in [0.2, 0.25) is 0 Å². The van der Waals surface area contributed by atoms with Gasteiger partial charge in [-0.25, -0.2) is 11.0 Å². The Kier molecular flexibility index (Phi) is 7.79. The summed E-state index contributed by atoms with van der Waals surface area (Å²) < 4.78 is 11.2. The molecule has 0 unspecified atom stereocenters. The Hall–Kier alpha value is -2.38. The molecule has 0 aromatic heterocycles. The topological polar surface area (TPSA) is 83.0 Å². The summed E-state index contributed by atoms with van der Waals surface area (Å²) in [7, 11) is 0. The van der Waals surface area contributed by atoms with Crippen molar-refractivity contribution in [1.82, 2.24) is 11.0 Å². The van der Waals surface area contributed by atoms with E-state index in [1.54, 1.807) is 0 Å². The Morgan fingerprint density at radius 1 is 0.667 bits per heavy atom. The maximum Gasteiger partial charge on any atom is 0.119 e. The smallest absolute Gasteiger partial charge is 0.119 e. The monoisotopic (exact) mass is 330 g/mol. The lowest BCUT2D eigenvalue weighted by Crippen LogP contribution is -2.05. The van der Waals surface area contributed by atoms with E-state index in [1.807, 2.05) is 60.7 Å². The molecule has 0 saturated carbocycles. The van der Waals surface area contributed by atoms with Gasteiger partial charge in [0.15, 0.2) is 0 Å². The quantitative estimate of drug-likeness (QED) is 0.396. The van der Waals surface area contributed by atoms with Gasteiger partial charge in [-0.2, -0.15) is 0 Å². The highest BCUT2D eigenvalue weighted by atomic mass is 16.5. The molecule has 0 aliphatic rings. The van der Waals surface area contributed by atoms with Crippen LogP contribution in [0.25, 0.3) is 0 Å². The molecule has 2 rings (SSSR count). The summed E-state index contributed by atoms with van der Waals surface area (Å²) >= 11 is 0. The summed E-state index contributed by atoms with van der Waals surface area (Å²) in [6.45, 7) is 1.74. The number of hydroxylamine groups is 2. The second kappa shape index (κ2) is 10.4. The molecule has 0 saturated heterocycles. The van der Waals surface area contributed by atoms with Crippen molar-refractivity contribution in [3.63, 3.8) is 0 Å². The standard InChI is InChI=1S/C18H22N2O4/c21-19-13-15-3-7-17(8-4-15)23-11-1-2-12-24-18-9-5-16(6-10-18)14-20-22/h1-10,19-22H,11-14H2/b2-1+. The lowest BCUT2D eigenvalue weighted by atomic mass is 10.2. The van der Waals surface area contributed by atoms with Gasteiger partial charge in [-0.3, -0.25) is 0 Å². The Balaban J connectivity index is 1.65. The molecular formula is C18H22N2O4. The number of rotatable bonds is 10. The molecule has 2 aromatic rings. The molecule has 24 heavy (non-hydrogen) atoms. The lowest BCUT2D eigenvalue weighted by molar-refractivity contribution is 0.161. The second-order valence-electron chi connectivity index (χ2n) is 5.05. The van der Waals surface area contributed by atoms with Gasteiger partial charge in [0.2, 0.25) is 0 Å². The summed E-state index contributed by atoms with van der Waals surface area (Å²) in [6.07, 6.45) is 3.79. The van der Waals surface area contributed by atoms with Crippen molar-refractivity contribution in [1.29, 1.82) is 0 Å². The van der Waals surface area contributed by atoms with Gasteiger partial charge < -0.3 is 19.9 Å². The molecule has 0 heterocycles. The summed E-state index contributed by atoms with van der Waals surface area (Å²) in [5.41, 5.74) is 6.19. The zero-order chi connectivity index (χ0) is 17.0. The molecule has 128 valence electrons. The van der Waals surface area contributed by atoms with Gasteiger partial charge in [-0.15, -0.1) is 0 Å². The molecule has 2 aromatic carbocycles. The molecule has 0 spiro atoms. The van der Waals surface area contributed by atoms with E-state index >= 15 is 0 Å². The van der Waals surface area contributed by atoms with Crippen LogP contribution in [0.1, 0.15) is 11.1 Å². The first-order chi connectivity index (χ1) is 11.8. The van der Waals surface area contributed by atoms with E-state index in [2.05, 4.69) is 11.0 Å². The molecule has 4 N–H and O–H groups in total. The molecule has 6 nitrogen and oxygen atoms in total. The van der Waals surface area contributed by atoms with Crippen LogP contribution in [-0.2, 0) is 13.1 Å². The fraction of sp³-hybridized carbons (Fsp3) is 0.222. The predicted octanol–water partition coefficient (Wildman–Crippen LogP) is 2.66. The van der Waals surface area contributed by atoms with E-state index in [1.165, 1.54) is 0 Å². The Bertz CT molecular complexity index is 556. The maximum absolute atomic E-state index is 8.62. The van der Waals surface area contributed by atoms with E-state index < -0.39 is 0 Å². The average Bonchev–Trinajstić information content (AvgIpc) is 2.61. The number of nitrogens with one attached hydrogen (secondary N) is 2. The predicted molar refractivity (Wildman–Crippen MR) is 90.3 cm³/mol. The van der Waals surface area contributed by atoms with E-state index in [0.717, 1.165) is 22.6 Å². The number of hydrogen-bond donors (Lipinski definition) is 4. The zero-order valence-corrected chi connectivity index (χ0v) is 13.3. The first-order valence-electron chi connectivity index (χ1n) is 7.64. The van der Waals surface area contributed by atoms with Crippen LogP contribution in [0.3, 0.4) is 0 Å². The van der Waals surface area contributed by atoms with Crippen molar-refractivity contribution >= 4 is 0 Å². The van der Waals surface area contributed by atoms with Gasteiger partial charge in [0.05, 0.1) is 0 Å². The van der Waals surface area contributed by atoms with Gasteiger partial charge in [-0.05, 0) is 47.5 Å². The van der Waals surface area contributed by atoms with Gasteiger partial charge in [0.1, 0.15) is 24.7 Å². The highest BCUT2D eigenvalue weighted by Gasteiger charge is 1.95. The van der Waals surface area contributed by atoms with Crippen LogP contribution in [0, 0.1) is 0 Å². The fourth-order valence-electron chi connectivity index (χ4n) is 2.01. The van der Waals surface area contributed by atoms with Gasteiger partial charge in [0.25, 0.3) is 0 Å². The second-order valence-corrected chi connectivity index (χ2v) is 5.05. The number of ether oxygens (including phenoxy) is 2. The largest absolute Gasteiger partial charge is 0.490 e. The fourth-order valence-corrected chi connectivity index (χ4v) is 2.01. The molecule has 0 aliphatic carbocycles. The van der Waals surface area contributed by atoms with Crippen molar-refractivity contribution in [2.45, 2.75) is 13.1 Å². The summed E-state index contributed by atoms with van der Waals surface area (Å²) in [5.74, 6) is 1.55. The van der Waals surface area contributed by atoms with E-state index in [4.69, 9.17) is 19.9 Å². The first-order valence-corrected chi connectivity index (χ1v) is 7.64. The highest BCUT2D eigenvalue weighted by molar-refractivity contribution is 5.28. The maximum atomic E-state index is 8.62. The van der Waals surface area contributed by atoms with Crippen LogP contribution in [0.15, 0.2) is 60.7 Å². The third-order valence-electron chi connectivity index (χ3n) is 3.27. The van der Waals surface area contributed by atoms with Gasteiger partial charge in [0, 0.05) is 13.1 Å². The SMILES string of the molecule is ONCc1ccc(OC/C=C/COc2ccc(CNO)cc2)cc1. The van der Waals surface area contributed by atoms with Crippen molar-refractivity contribution in [2.75, 3.05) is 13.2 Å². The molecule has 0 aliphatic heterocycles. The summed E-state index contributed by atoms with van der Waals surface area (Å²) in [6, 6.07) is 15.0. The minimum Gasteiger partial charge on any atom is -0.490 e. The van der Waals surface area contributed by atoms with Crippen LogP contribution in [0.5, 0.6) is 11.5 Å². The van der Waals surface area contributed by atoms with E-state index in [0.29, 0.717) is 26.3 Å². The third-order valence-corrected chi connectivity index (χ3v) is 3.27. The summed E-state index contributed by atoms with van der Waals surface area (Å²) in [5, 5.41) is 17.2.